The molecule has 112 valence electrons. The van der Waals surface area contributed by atoms with Crippen LogP contribution in [0.3, 0.4) is 0 Å². The maximum absolute atomic E-state index is 10.2. The van der Waals surface area contributed by atoms with Crippen LogP contribution in [0.5, 0.6) is 0 Å². The Morgan fingerprint density at radius 3 is 2.26 bits per heavy atom. The summed E-state index contributed by atoms with van der Waals surface area (Å²) >= 11 is 0. The molecule has 19 heavy (non-hydrogen) atoms. The van der Waals surface area contributed by atoms with Crippen molar-refractivity contribution in [1.29, 1.82) is 0 Å². The second-order valence-corrected chi connectivity index (χ2v) is 6.76. The van der Waals surface area contributed by atoms with Gasteiger partial charge in [0.1, 0.15) is 0 Å². The van der Waals surface area contributed by atoms with Crippen molar-refractivity contribution in [3.63, 3.8) is 0 Å². The van der Waals surface area contributed by atoms with Crippen molar-refractivity contribution < 1.29 is 9.84 Å². The number of rotatable bonds is 5. The van der Waals surface area contributed by atoms with Gasteiger partial charge in [-0.25, -0.2) is 0 Å². The van der Waals surface area contributed by atoms with E-state index in [4.69, 9.17) is 4.74 Å². The molecular weight excluding hydrogens is 238 g/mol. The average Bonchev–Trinajstić information content (AvgIpc) is 2.77. The number of likely N-dealkylation sites (tertiary alicyclic amines) is 1. The SMILES string of the molecule is C[C@@H]1CCC[C@@H]1OC[C@@H](O)CN1[C@H](C)CCC[C@@H]1C. The molecule has 2 rings (SSSR count). The van der Waals surface area contributed by atoms with Crippen LogP contribution in [0.4, 0.5) is 0 Å². The largest absolute Gasteiger partial charge is 0.389 e. The van der Waals surface area contributed by atoms with Gasteiger partial charge in [-0.3, -0.25) is 4.90 Å². The van der Waals surface area contributed by atoms with E-state index >= 15 is 0 Å². The molecule has 1 heterocycles. The highest BCUT2D eigenvalue weighted by molar-refractivity contribution is 4.82. The molecule has 1 N–H and O–H groups in total. The molecule has 0 aromatic heterocycles. The number of ether oxygens (including phenoxy) is 1. The maximum Gasteiger partial charge on any atom is 0.0900 e. The lowest BCUT2D eigenvalue weighted by Crippen LogP contribution is -2.48. The van der Waals surface area contributed by atoms with E-state index < -0.39 is 0 Å². The van der Waals surface area contributed by atoms with Crippen LogP contribution in [0.2, 0.25) is 0 Å². The van der Waals surface area contributed by atoms with Gasteiger partial charge in [0.2, 0.25) is 0 Å². The molecule has 5 atom stereocenters. The molecule has 0 unspecified atom stereocenters. The van der Waals surface area contributed by atoms with Gasteiger partial charge in [-0.2, -0.15) is 0 Å². The minimum atomic E-state index is -0.337. The van der Waals surface area contributed by atoms with Crippen LogP contribution in [0, 0.1) is 5.92 Å². The summed E-state index contributed by atoms with van der Waals surface area (Å²) < 4.78 is 5.91. The predicted octanol–water partition coefficient (Wildman–Crippen LogP) is 2.82. The van der Waals surface area contributed by atoms with Crippen molar-refractivity contribution in [3.05, 3.63) is 0 Å². The zero-order valence-electron chi connectivity index (χ0n) is 12.8. The van der Waals surface area contributed by atoms with E-state index in [2.05, 4.69) is 25.7 Å². The van der Waals surface area contributed by atoms with Crippen LogP contribution in [0.25, 0.3) is 0 Å². The van der Waals surface area contributed by atoms with E-state index in [0.29, 0.717) is 30.7 Å². The molecule has 0 radical (unpaired) electrons. The molecule has 0 amide bonds. The standard InChI is InChI=1S/C16H31NO2/c1-12-6-4-9-16(12)19-11-15(18)10-17-13(2)7-5-8-14(17)3/h12-16,18H,4-11H2,1-3H3/t12-,13-,14+,15+,16+/m1/s1. The van der Waals surface area contributed by atoms with Gasteiger partial charge in [-0.15, -0.1) is 0 Å². The number of hydrogen-bond donors (Lipinski definition) is 1. The number of hydrogen-bond acceptors (Lipinski definition) is 3. The maximum atomic E-state index is 10.2. The van der Waals surface area contributed by atoms with Crippen LogP contribution in [0.1, 0.15) is 59.3 Å². The Hall–Kier alpha value is -0.120. The summed E-state index contributed by atoms with van der Waals surface area (Å²) in [4.78, 5) is 2.45. The van der Waals surface area contributed by atoms with Gasteiger partial charge in [0.15, 0.2) is 0 Å². The predicted molar refractivity (Wildman–Crippen MR) is 78.2 cm³/mol. The van der Waals surface area contributed by atoms with Crippen molar-refractivity contribution in [2.75, 3.05) is 13.2 Å². The zero-order chi connectivity index (χ0) is 13.8. The third-order valence-corrected chi connectivity index (χ3v) is 5.08. The van der Waals surface area contributed by atoms with Gasteiger partial charge in [0, 0.05) is 18.6 Å². The highest BCUT2D eigenvalue weighted by Crippen LogP contribution is 2.28. The lowest BCUT2D eigenvalue weighted by Gasteiger charge is -2.40. The van der Waals surface area contributed by atoms with Crippen molar-refractivity contribution in [3.8, 4) is 0 Å². The summed E-state index contributed by atoms with van der Waals surface area (Å²) in [5, 5.41) is 10.2. The Kier molecular flexibility index (Phi) is 5.67. The van der Waals surface area contributed by atoms with E-state index in [1.165, 1.54) is 38.5 Å². The van der Waals surface area contributed by atoms with Gasteiger partial charge in [-0.05, 0) is 45.4 Å². The third kappa shape index (κ3) is 4.17. The normalized spacial score (nSPS) is 38.5. The Morgan fingerprint density at radius 1 is 1.05 bits per heavy atom. The molecule has 0 spiro atoms. The minimum absolute atomic E-state index is 0.337. The second kappa shape index (κ2) is 7.05. The number of nitrogens with zero attached hydrogens (tertiary/aromatic N) is 1. The summed E-state index contributed by atoms with van der Waals surface area (Å²) in [5.41, 5.74) is 0. The summed E-state index contributed by atoms with van der Waals surface area (Å²) in [6, 6.07) is 1.20. The Labute approximate surface area is 118 Å². The lowest BCUT2D eigenvalue weighted by atomic mass is 9.97. The molecule has 2 aliphatic rings. The van der Waals surface area contributed by atoms with Gasteiger partial charge in [0.05, 0.1) is 18.8 Å². The van der Waals surface area contributed by atoms with Crippen LogP contribution < -0.4 is 0 Å². The molecule has 1 aliphatic heterocycles. The molecule has 1 saturated heterocycles. The molecule has 1 saturated carbocycles. The monoisotopic (exact) mass is 269 g/mol. The summed E-state index contributed by atoms with van der Waals surface area (Å²) in [5.74, 6) is 0.667. The van der Waals surface area contributed by atoms with Crippen LogP contribution >= 0.6 is 0 Å². The van der Waals surface area contributed by atoms with Gasteiger partial charge < -0.3 is 9.84 Å². The second-order valence-electron chi connectivity index (χ2n) is 6.76. The number of aliphatic hydroxyl groups excluding tert-OH is 1. The number of β-amino-alcohol motifs (C(OH)–C–C–N with tert-alkyl or cyclic N) is 1. The molecule has 0 aromatic carbocycles. The van der Waals surface area contributed by atoms with E-state index in [9.17, 15) is 5.11 Å². The van der Waals surface area contributed by atoms with E-state index in [-0.39, 0.29) is 6.10 Å². The van der Waals surface area contributed by atoms with E-state index in [0.717, 1.165) is 6.54 Å². The van der Waals surface area contributed by atoms with Crippen LogP contribution in [-0.4, -0.2) is 47.4 Å². The molecule has 1 aliphatic carbocycles. The highest BCUT2D eigenvalue weighted by atomic mass is 16.5. The first-order valence-corrected chi connectivity index (χ1v) is 8.13. The third-order valence-electron chi connectivity index (χ3n) is 5.08. The fraction of sp³-hybridized carbons (Fsp3) is 1.00. The number of aliphatic hydroxyl groups is 1. The first kappa shape index (κ1) is 15.3. The first-order valence-electron chi connectivity index (χ1n) is 8.13. The van der Waals surface area contributed by atoms with Crippen molar-refractivity contribution in [2.24, 2.45) is 5.92 Å². The number of piperidine rings is 1. The molecule has 0 aromatic rings. The molecular formula is C16H31NO2. The average molecular weight is 269 g/mol. The van der Waals surface area contributed by atoms with Crippen molar-refractivity contribution >= 4 is 0 Å². The molecule has 3 heteroatoms. The van der Waals surface area contributed by atoms with E-state index in [1.54, 1.807) is 0 Å². The van der Waals surface area contributed by atoms with Gasteiger partial charge in [-0.1, -0.05) is 19.8 Å². The smallest absolute Gasteiger partial charge is 0.0900 e. The molecule has 3 nitrogen and oxygen atoms in total. The van der Waals surface area contributed by atoms with Crippen molar-refractivity contribution in [2.45, 2.75) is 83.6 Å². The van der Waals surface area contributed by atoms with Crippen molar-refractivity contribution in [1.82, 2.24) is 4.90 Å². The molecule has 2 fully saturated rings. The fourth-order valence-electron chi connectivity index (χ4n) is 3.72. The Bertz CT molecular complexity index is 261. The Balaban J connectivity index is 1.72. The van der Waals surface area contributed by atoms with Crippen LogP contribution in [0.15, 0.2) is 0 Å². The quantitative estimate of drug-likeness (QED) is 0.833. The fourth-order valence-corrected chi connectivity index (χ4v) is 3.72. The summed E-state index contributed by atoms with van der Waals surface area (Å²) in [7, 11) is 0. The summed E-state index contributed by atoms with van der Waals surface area (Å²) in [6.45, 7) is 8.10. The zero-order valence-corrected chi connectivity index (χ0v) is 12.8. The minimum Gasteiger partial charge on any atom is -0.389 e. The Morgan fingerprint density at radius 2 is 1.68 bits per heavy atom. The molecule has 0 bridgehead atoms. The van der Waals surface area contributed by atoms with E-state index in [1.807, 2.05) is 0 Å². The summed E-state index contributed by atoms with van der Waals surface area (Å²) in [6.07, 6.45) is 7.62. The van der Waals surface area contributed by atoms with Crippen LogP contribution in [-0.2, 0) is 4.74 Å². The lowest BCUT2D eigenvalue weighted by molar-refractivity contribution is -0.0439. The van der Waals surface area contributed by atoms with Gasteiger partial charge in [0.25, 0.3) is 0 Å². The topological polar surface area (TPSA) is 32.7 Å². The highest BCUT2D eigenvalue weighted by Gasteiger charge is 2.28. The first-order chi connectivity index (χ1) is 9.08. The van der Waals surface area contributed by atoms with Gasteiger partial charge >= 0.3 is 0 Å².